The summed E-state index contributed by atoms with van der Waals surface area (Å²) in [5.41, 5.74) is 2.07. The number of nitrogens with one attached hydrogen (secondary N) is 1. The van der Waals surface area contributed by atoms with E-state index in [0.29, 0.717) is 12.1 Å². The number of hydrogen-bond donors (Lipinski definition) is 1. The van der Waals surface area contributed by atoms with E-state index in [1.165, 1.54) is 18.5 Å². The number of quaternary nitrogens is 1. The number of amides is 1. The topological polar surface area (TPSA) is 24.8 Å². The Labute approximate surface area is 133 Å². The smallest absolute Gasteiger partial charge is 0.258 e. The SMILES string of the molecule is CCCCN(C(=O)c1ccccc1)C1=C[C@@H]2CC[C@H](C1)[NH+]2C. The van der Waals surface area contributed by atoms with Gasteiger partial charge in [-0.25, -0.2) is 0 Å². The number of rotatable bonds is 5. The van der Waals surface area contributed by atoms with Gasteiger partial charge in [0.05, 0.1) is 13.1 Å². The third-order valence-electron chi connectivity index (χ3n) is 5.25. The Morgan fingerprint density at radius 1 is 1.27 bits per heavy atom. The van der Waals surface area contributed by atoms with Crippen molar-refractivity contribution in [2.45, 2.75) is 51.1 Å². The number of carbonyl (C=O) groups is 1. The van der Waals surface area contributed by atoms with Crippen LogP contribution in [0.2, 0.25) is 0 Å². The predicted octanol–water partition coefficient (Wildman–Crippen LogP) is 2.26. The predicted molar refractivity (Wildman–Crippen MR) is 88.8 cm³/mol. The molecule has 0 radical (unpaired) electrons. The van der Waals surface area contributed by atoms with Crippen molar-refractivity contribution in [1.82, 2.24) is 4.90 Å². The van der Waals surface area contributed by atoms with Crippen LogP contribution in [0.15, 0.2) is 42.1 Å². The number of benzene rings is 1. The van der Waals surface area contributed by atoms with Gasteiger partial charge in [-0.1, -0.05) is 31.5 Å². The molecule has 2 bridgehead atoms. The fraction of sp³-hybridized carbons (Fsp3) is 0.526. The highest BCUT2D eigenvalue weighted by molar-refractivity contribution is 5.95. The van der Waals surface area contributed by atoms with Crippen LogP contribution in [-0.2, 0) is 0 Å². The van der Waals surface area contributed by atoms with Crippen LogP contribution in [0.5, 0.6) is 0 Å². The first-order valence-corrected chi connectivity index (χ1v) is 8.61. The van der Waals surface area contributed by atoms with Crippen LogP contribution in [-0.4, -0.2) is 36.5 Å². The van der Waals surface area contributed by atoms with E-state index in [0.717, 1.165) is 31.4 Å². The number of carbonyl (C=O) groups excluding carboxylic acids is 1. The highest BCUT2D eigenvalue weighted by Gasteiger charge is 2.39. The molecule has 3 rings (SSSR count). The van der Waals surface area contributed by atoms with Crippen molar-refractivity contribution in [2.24, 2.45) is 0 Å². The van der Waals surface area contributed by atoms with Crippen molar-refractivity contribution >= 4 is 5.91 Å². The van der Waals surface area contributed by atoms with Crippen LogP contribution in [0, 0.1) is 0 Å². The summed E-state index contributed by atoms with van der Waals surface area (Å²) < 4.78 is 0. The van der Waals surface area contributed by atoms with Gasteiger partial charge in [-0.3, -0.25) is 4.79 Å². The molecule has 1 fully saturated rings. The van der Waals surface area contributed by atoms with E-state index in [1.54, 1.807) is 4.90 Å². The quantitative estimate of drug-likeness (QED) is 0.886. The van der Waals surface area contributed by atoms with Crippen LogP contribution in [0.4, 0.5) is 0 Å². The maximum Gasteiger partial charge on any atom is 0.258 e. The summed E-state index contributed by atoms with van der Waals surface area (Å²) >= 11 is 0. The number of fused-ring (bicyclic) bond motifs is 2. The van der Waals surface area contributed by atoms with Crippen molar-refractivity contribution in [2.75, 3.05) is 13.6 Å². The largest absolute Gasteiger partial charge is 0.329 e. The molecule has 1 aromatic carbocycles. The molecule has 1 saturated heterocycles. The highest BCUT2D eigenvalue weighted by atomic mass is 16.2. The molecular formula is C19H27N2O+. The Bertz CT molecular complexity index is 552. The minimum absolute atomic E-state index is 0.166. The van der Waals surface area contributed by atoms with Crippen molar-refractivity contribution < 1.29 is 9.69 Å². The van der Waals surface area contributed by atoms with E-state index in [9.17, 15) is 4.79 Å². The third-order valence-corrected chi connectivity index (χ3v) is 5.25. The van der Waals surface area contributed by atoms with E-state index < -0.39 is 0 Å². The molecule has 0 saturated carbocycles. The molecule has 118 valence electrons. The Hall–Kier alpha value is -1.61. The Morgan fingerprint density at radius 2 is 2.05 bits per heavy atom. The zero-order valence-electron chi connectivity index (χ0n) is 13.7. The van der Waals surface area contributed by atoms with Gasteiger partial charge in [-0.05, 0) is 24.6 Å². The van der Waals surface area contributed by atoms with Gasteiger partial charge in [-0.2, -0.15) is 0 Å². The number of nitrogens with zero attached hydrogens (tertiary/aromatic N) is 1. The van der Waals surface area contributed by atoms with Gasteiger partial charge in [0.25, 0.3) is 5.91 Å². The molecule has 1 N–H and O–H groups in total. The second-order valence-corrected chi connectivity index (χ2v) is 6.66. The average molecular weight is 299 g/mol. The molecule has 3 atom stereocenters. The normalized spacial score (nSPS) is 26.6. The Kier molecular flexibility index (Phi) is 4.63. The minimum atomic E-state index is 0.166. The first-order chi connectivity index (χ1) is 10.7. The fourth-order valence-electron chi connectivity index (χ4n) is 3.80. The zero-order chi connectivity index (χ0) is 15.5. The van der Waals surface area contributed by atoms with Crippen LogP contribution < -0.4 is 4.90 Å². The number of unbranched alkanes of at least 4 members (excludes halogenated alkanes) is 1. The summed E-state index contributed by atoms with van der Waals surface area (Å²) in [5, 5.41) is 0. The van der Waals surface area contributed by atoms with Crippen LogP contribution in [0.25, 0.3) is 0 Å². The van der Waals surface area contributed by atoms with Crippen LogP contribution in [0.1, 0.15) is 49.4 Å². The maximum atomic E-state index is 12.9. The lowest BCUT2D eigenvalue weighted by Crippen LogP contribution is -3.14. The second kappa shape index (κ2) is 6.66. The van der Waals surface area contributed by atoms with E-state index in [-0.39, 0.29) is 5.91 Å². The molecular weight excluding hydrogens is 272 g/mol. The van der Waals surface area contributed by atoms with Gasteiger partial charge in [0, 0.05) is 37.1 Å². The van der Waals surface area contributed by atoms with Gasteiger partial charge < -0.3 is 9.80 Å². The van der Waals surface area contributed by atoms with Gasteiger partial charge >= 0.3 is 0 Å². The molecule has 0 aromatic heterocycles. The van der Waals surface area contributed by atoms with Crippen molar-refractivity contribution in [3.8, 4) is 0 Å². The lowest BCUT2D eigenvalue weighted by Gasteiger charge is -2.33. The summed E-state index contributed by atoms with van der Waals surface area (Å²) in [7, 11) is 2.30. The molecule has 2 aliphatic rings. The molecule has 0 aliphatic carbocycles. The number of hydrogen-bond acceptors (Lipinski definition) is 1. The average Bonchev–Trinajstić information content (AvgIpc) is 2.77. The molecule has 22 heavy (non-hydrogen) atoms. The van der Waals surface area contributed by atoms with E-state index >= 15 is 0 Å². The summed E-state index contributed by atoms with van der Waals surface area (Å²) in [6.45, 7) is 3.02. The van der Waals surface area contributed by atoms with Gasteiger partial charge in [-0.15, -0.1) is 0 Å². The molecule has 3 nitrogen and oxygen atoms in total. The molecule has 1 amide bonds. The zero-order valence-corrected chi connectivity index (χ0v) is 13.7. The minimum Gasteiger partial charge on any atom is -0.329 e. The molecule has 1 unspecified atom stereocenters. The third kappa shape index (κ3) is 2.95. The van der Waals surface area contributed by atoms with Crippen LogP contribution >= 0.6 is 0 Å². The summed E-state index contributed by atoms with van der Waals surface area (Å²) in [5.74, 6) is 0.166. The van der Waals surface area contributed by atoms with Crippen molar-refractivity contribution in [3.63, 3.8) is 0 Å². The van der Waals surface area contributed by atoms with E-state index in [4.69, 9.17) is 0 Å². The van der Waals surface area contributed by atoms with Gasteiger partial charge in [0.1, 0.15) is 6.04 Å². The van der Waals surface area contributed by atoms with Crippen LogP contribution in [0.3, 0.4) is 0 Å². The molecule has 2 aliphatic heterocycles. The standard InChI is InChI=1S/C19H26N2O/c1-3-4-12-21(19(22)15-8-6-5-7-9-15)18-13-16-10-11-17(14-18)20(16)2/h5-9,13,16-17H,3-4,10-12,14H2,1-2H3/p+1/t16-,17+/m0/s1. The van der Waals surface area contributed by atoms with Gasteiger partial charge in [0.2, 0.25) is 0 Å². The molecule has 1 aromatic rings. The number of likely N-dealkylation sites (N-methyl/N-ethyl adjacent to an activating group) is 1. The van der Waals surface area contributed by atoms with Gasteiger partial charge in [0.15, 0.2) is 0 Å². The van der Waals surface area contributed by atoms with E-state index in [2.05, 4.69) is 24.9 Å². The Morgan fingerprint density at radius 3 is 2.73 bits per heavy atom. The van der Waals surface area contributed by atoms with E-state index in [1.807, 2.05) is 30.3 Å². The highest BCUT2D eigenvalue weighted by Crippen LogP contribution is 2.26. The molecule has 0 spiro atoms. The molecule has 3 heteroatoms. The first kappa shape index (κ1) is 15.3. The summed E-state index contributed by atoms with van der Waals surface area (Å²) in [4.78, 5) is 16.6. The lowest BCUT2D eigenvalue weighted by atomic mass is 10.0. The summed E-state index contributed by atoms with van der Waals surface area (Å²) in [6, 6.07) is 11.0. The van der Waals surface area contributed by atoms with Crippen molar-refractivity contribution in [1.29, 1.82) is 0 Å². The second-order valence-electron chi connectivity index (χ2n) is 6.66. The monoisotopic (exact) mass is 299 g/mol. The lowest BCUT2D eigenvalue weighted by molar-refractivity contribution is -0.912. The van der Waals surface area contributed by atoms with Crippen molar-refractivity contribution in [3.05, 3.63) is 47.7 Å². The maximum absolute atomic E-state index is 12.9. The first-order valence-electron chi connectivity index (χ1n) is 8.61. The fourth-order valence-corrected chi connectivity index (χ4v) is 3.80. The Balaban J connectivity index is 1.84. The summed E-state index contributed by atoms with van der Waals surface area (Å²) in [6.07, 6.45) is 8.15. The molecule has 2 heterocycles.